The van der Waals surface area contributed by atoms with Crippen LogP contribution in [-0.2, 0) is 9.53 Å². The van der Waals surface area contributed by atoms with Gasteiger partial charge in [0.05, 0.1) is 19.2 Å². The van der Waals surface area contributed by atoms with Gasteiger partial charge in [0.25, 0.3) is 0 Å². The lowest BCUT2D eigenvalue weighted by Crippen LogP contribution is -2.42. The van der Waals surface area contributed by atoms with Gasteiger partial charge in [-0.3, -0.25) is 9.69 Å². The zero-order valence-corrected chi connectivity index (χ0v) is 15.2. The molecule has 4 heteroatoms. The number of hydrogen-bond acceptors (Lipinski definition) is 3. The third-order valence-electron chi connectivity index (χ3n) is 5.77. The molecule has 0 spiro atoms. The Kier molecular flexibility index (Phi) is 5.09. The van der Waals surface area contributed by atoms with E-state index in [9.17, 15) is 4.79 Å². The third-order valence-corrected chi connectivity index (χ3v) is 5.77. The lowest BCUT2D eigenvalue weighted by molar-refractivity contribution is -0.123. The van der Waals surface area contributed by atoms with E-state index in [1.807, 2.05) is 0 Å². The number of aryl methyl sites for hydroxylation is 1. The maximum Gasteiger partial charge on any atom is 0.234 e. The first-order valence-electron chi connectivity index (χ1n) is 9.87. The Morgan fingerprint density at radius 2 is 1.96 bits per heavy atom. The standard InChI is InChI=1S/C21H30N2O2/c1-15-2-4-17(5-3-15)21(18-6-7-18)22-20(24)13-23(19-8-9-19)12-16-10-11-25-14-16/h2-5,16,18-19,21H,6-14H2,1H3,(H,22,24). The maximum atomic E-state index is 12.8. The van der Waals surface area contributed by atoms with Crippen molar-refractivity contribution in [1.29, 1.82) is 0 Å². The Morgan fingerprint density at radius 3 is 2.56 bits per heavy atom. The topological polar surface area (TPSA) is 41.6 Å². The first-order valence-corrected chi connectivity index (χ1v) is 9.87. The Labute approximate surface area is 150 Å². The van der Waals surface area contributed by atoms with Gasteiger partial charge in [-0.2, -0.15) is 0 Å². The van der Waals surface area contributed by atoms with Crippen LogP contribution in [0.1, 0.15) is 49.3 Å². The molecule has 4 rings (SSSR count). The molecule has 1 amide bonds. The molecule has 4 nitrogen and oxygen atoms in total. The second-order valence-electron chi connectivity index (χ2n) is 8.18. The van der Waals surface area contributed by atoms with Gasteiger partial charge in [0, 0.05) is 19.2 Å². The average molecular weight is 342 g/mol. The van der Waals surface area contributed by atoms with Gasteiger partial charge in [-0.05, 0) is 56.4 Å². The molecule has 0 radical (unpaired) electrons. The molecule has 1 aromatic carbocycles. The molecule has 2 saturated carbocycles. The first kappa shape index (κ1) is 17.0. The summed E-state index contributed by atoms with van der Waals surface area (Å²) in [6.07, 6.45) is 6.07. The number of nitrogens with one attached hydrogen (secondary N) is 1. The van der Waals surface area contributed by atoms with Gasteiger partial charge in [-0.1, -0.05) is 29.8 Å². The highest BCUT2D eigenvalue weighted by Gasteiger charge is 2.36. The van der Waals surface area contributed by atoms with Crippen LogP contribution in [0.5, 0.6) is 0 Å². The van der Waals surface area contributed by atoms with E-state index in [1.165, 1.54) is 36.8 Å². The van der Waals surface area contributed by atoms with Crippen LogP contribution in [-0.4, -0.2) is 43.2 Å². The summed E-state index contributed by atoms with van der Waals surface area (Å²) in [7, 11) is 0. The van der Waals surface area contributed by atoms with E-state index in [4.69, 9.17) is 4.74 Å². The Bertz CT molecular complexity index is 586. The predicted octanol–water partition coefficient (Wildman–Crippen LogP) is 3.06. The predicted molar refractivity (Wildman–Crippen MR) is 98.3 cm³/mol. The van der Waals surface area contributed by atoms with Crippen molar-refractivity contribution in [3.63, 3.8) is 0 Å². The molecular formula is C21H30N2O2. The molecule has 136 valence electrons. The molecule has 2 unspecified atom stereocenters. The fourth-order valence-electron chi connectivity index (χ4n) is 3.92. The minimum absolute atomic E-state index is 0.184. The van der Waals surface area contributed by atoms with Crippen molar-refractivity contribution in [2.45, 2.75) is 51.1 Å². The fourth-order valence-corrected chi connectivity index (χ4v) is 3.92. The zero-order valence-electron chi connectivity index (χ0n) is 15.2. The number of rotatable bonds is 8. The van der Waals surface area contributed by atoms with E-state index in [0.29, 0.717) is 24.4 Å². The van der Waals surface area contributed by atoms with Crippen molar-refractivity contribution in [2.24, 2.45) is 11.8 Å². The SMILES string of the molecule is Cc1ccc(C(NC(=O)CN(CC2CCOC2)C2CC2)C2CC2)cc1. The smallest absolute Gasteiger partial charge is 0.234 e. The highest BCUT2D eigenvalue weighted by atomic mass is 16.5. The summed E-state index contributed by atoms with van der Waals surface area (Å²) >= 11 is 0. The Balaban J connectivity index is 1.36. The largest absolute Gasteiger partial charge is 0.381 e. The lowest BCUT2D eigenvalue weighted by atomic mass is 10.0. The second-order valence-corrected chi connectivity index (χ2v) is 8.18. The molecule has 1 aliphatic heterocycles. The summed E-state index contributed by atoms with van der Waals surface area (Å²) < 4.78 is 5.51. The highest BCUT2D eigenvalue weighted by Crippen LogP contribution is 2.41. The van der Waals surface area contributed by atoms with Gasteiger partial charge in [0.2, 0.25) is 5.91 Å². The molecule has 1 aromatic rings. The van der Waals surface area contributed by atoms with Crippen LogP contribution in [0.4, 0.5) is 0 Å². The summed E-state index contributed by atoms with van der Waals surface area (Å²) in [5.74, 6) is 1.40. The quantitative estimate of drug-likeness (QED) is 0.789. The molecule has 0 aromatic heterocycles. The number of carbonyl (C=O) groups excluding carboxylic acids is 1. The van der Waals surface area contributed by atoms with Crippen LogP contribution >= 0.6 is 0 Å². The van der Waals surface area contributed by atoms with E-state index in [2.05, 4.69) is 41.4 Å². The van der Waals surface area contributed by atoms with Gasteiger partial charge in [-0.15, -0.1) is 0 Å². The zero-order chi connectivity index (χ0) is 17.2. The van der Waals surface area contributed by atoms with Crippen molar-refractivity contribution in [3.8, 4) is 0 Å². The first-order chi connectivity index (χ1) is 12.2. The van der Waals surface area contributed by atoms with Crippen LogP contribution < -0.4 is 5.32 Å². The van der Waals surface area contributed by atoms with E-state index in [1.54, 1.807) is 0 Å². The van der Waals surface area contributed by atoms with Crippen LogP contribution in [0.25, 0.3) is 0 Å². The maximum absolute atomic E-state index is 12.8. The second kappa shape index (κ2) is 7.46. The summed E-state index contributed by atoms with van der Waals surface area (Å²) in [5.41, 5.74) is 2.52. The molecule has 2 atom stereocenters. The molecule has 25 heavy (non-hydrogen) atoms. The number of nitrogens with zero attached hydrogens (tertiary/aromatic N) is 1. The lowest BCUT2D eigenvalue weighted by Gasteiger charge is -2.26. The average Bonchev–Trinajstić information content (AvgIpc) is 3.52. The molecular weight excluding hydrogens is 312 g/mol. The van der Waals surface area contributed by atoms with Crippen LogP contribution in [0, 0.1) is 18.8 Å². The van der Waals surface area contributed by atoms with Gasteiger partial charge < -0.3 is 10.1 Å². The summed E-state index contributed by atoms with van der Waals surface area (Å²) in [6, 6.07) is 9.44. The molecule has 2 aliphatic carbocycles. The van der Waals surface area contributed by atoms with E-state index < -0.39 is 0 Å². The molecule has 0 bridgehead atoms. The van der Waals surface area contributed by atoms with Gasteiger partial charge in [0.15, 0.2) is 0 Å². The number of amides is 1. The van der Waals surface area contributed by atoms with E-state index >= 15 is 0 Å². The Morgan fingerprint density at radius 1 is 1.20 bits per heavy atom. The Hall–Kier alpha value is -1.39. The van der Waals surface area contributed by atoms with Crippen LogP contribution in [0.2, 0.25) is 0 Å². The molecule has 1 heterocycles. The number of hydrogen-bond donors (Lipinski definition) is 1. The summed E-state index contributed by atoms with van der Waals surface area (Å²) in [4.78, 5) is 15.2. The molecule has 1 saturated heterocycles. The van der Waals surface area contributed by atoms with Crippen molar-refractivity contribution >= 4 is 5.91 Å². The van der Waals surface area contributed by atoms with Crippen molar-refractivity contribution in [3.05, 3.63) is 35.4 Å². The highest BCUT2D eigenvalue weighted by molar-refractivity contribution is 5.78. The molecule has 3 fully saturated rings. The third kappa shape index (κ3) is 4.62. The van der Waals surface area contributed by atoms with Crippen molar-refractivity contribution < 1.29 is 9.53 Å². The normalized spacial score (nSPS) is 24.5. The summed E-state index contributed by atoms with van der Waals surface area (Å²) in [6.45, 7) is 5.40. The monoisotopic (exact) mass is 342 g/mol. The van der Waals surface area contributed by atoms with Gasteiger partial charge in [-0.25, -0.2) is 0 Å². The van der Waals surface area contributed by atoms with E-state index in [-0.39, 0.29) is 11.9 Å². The minimum atomic E-state index is 0.184. The molecule has 3 aliphatic rings. The summed E-state index contributed by atoms with van der Waals surface area (Å²) in [5, 5.41) is 3.34. The van der Waals surface area contributed by atoms with E-state index in [0.717, 1.165) is 26.2 Å². The van der Waals surface area contributed by atoms with Crippen LogP contribution in [0.3, 0.4) is 0 Å². The fraction of sp³-hybridized carbons (Fsp3) is 0.667. The van der Waals surface area contributed by atoms with Crippen molar-refractivity contribution in [1.82, 2.24) is 10.2 Å². The molecule has 1 N–H and O–H groups in total. The minimum Gasteiger partial charge on any atom is -0.381 e. The number of carbonyl (C=O) groups is 1. The number of benzene rings is 1. The number of ether oxygens (including phenoxy) is 1. The van der Waals surface area contributed by atoms with Crippen molar-refractivity contribution in [2.75, 3.05) is 26.3 Å². The van der Waals surface area contributed by atoms with Gasteiger partial charge >= 0.3 is 0 Å². The van der Waals surface area contributed by atoms with Crippen LogP contribution in [0.15, 0.2) is 24.3 Å². The van der Waals surface area contributed by atoms with Gasteiger partial charge in [0.1, 0.15) is 0 Å².